The fourth-order valence-corrected chi connectivity index (χ4v) is 3.40. The van der Waals surface area contributed by atoms with Crippen molar-refractivity contribution in [3.05, 3.63) is 22.2 Å². The van der Waals surface area contributed by atoms with Crippen molar-refractivity contribution in [3.8, 4) is 11.5 Å². The van der Waals surface area contributed by atoms with Gasteiger partial charge in [-0.25, -0.2) is 0 Å². The maximum atomic E-state index is 12.4. The highest BCUT2D eigenvalue weighted by atomic mass is 79.9. The second-order valence-electron chi connectivity index (χ2n) is 5.34. The lowest BCUT2D eigenvalue weighted by Crippen LogP contribution is -2.51. The Bertz CT molecular complexity index is 541. The number of fused-ring (bicyclic) bond motifs is 1. The molecule has 2 aliphatic rings. The lowest BCUT2D eigenvalue weighted by Gasteiger charge is -2.28. The summed E-state index contributed by atoms with van der Waals surface area (Å²) in [6.45, 7) is 0.663. The van der Waals surface area contributed by atoms with Crippen LogP contribution in [0.2, 0.25) is 0 Å². The molecule has 1 fully saturated rings. The van der Waals surface area contributed by atoms with Crippen LogP contribution in [0.5, 0.6) is 11.5 Å². The molecule has 0 saturated heterocycles. The number of halogens is 1. The molecular weight excluding hydrogens is 324 g/mol. The minimum Gasteiger partial charge on any atom is -0.454 e. The van der Waals surface area contributed by atoms with E-state index in [0.29, 0.717) is 23.6 Å². The second kappa shape index (κ2) is 5.26. The third kappa shape index (κ3) is 2.38. The summed E-state index contributed by atoms with van der Waals surface area (Å²) in [5, 5.41) is 3.10. The van der Waals surface area contributed by atoms with Crippen molar-refractivity contribution in [2.75, 3.05) is 13.3 Å². The van der Waals surface area contributed by atoms with E-state index in [0.717, 1.165) is 30.2 Å². The molecule has 0 spiro atoms. The van der Waals surface area contributed by atoms with Gasteiger partial charge in [0.1, 0.15) is 0 Å². The van der Waals surface area contributed by atoms with Crippen molar-refractivity contribution in [1.82, 2.24) is 5.32 Å². The summed E-state index contributed by atoms with van der Waals surface area (Å²) in [6.07, 6.45) is 4.12. The summed E-state index contributed by atoms with van der Waals surface area (Å²) in [4.78, 5) is 12.4. The van der Waals surface area contributed by atoms with E-state index in [1.807, 2.05) is 0 Å². The Morgan fingerprint density at radius 1 is 1.35 bits per heavy atom. The van der Waals surface area contributed by atoms with Crippen LogP contribution in [0.1, 0.15) is 36.0 Å². The summed E-state index contributed by atoms with van der Waals surface area (Å²) in [5.74, 6) is 1.13. The molecule has 3 rings (SSSR count). The van der Waals surface area contributed by atoms with E-state index >= 15 is 0 Å². The average Bonchev–Trinajstić information content (AvgIpc) is 3.08. The molecule has 5 nitrogen and oxygen atoms in total. The number of hydrogen-bond donors (Lipinski definition) is 2. The third-order valence-electron chi connectivity index (χ3n) is 4.02. The van der Waals surface area contributed by atoms with Gasteiger partial charge in [0.25, 0.3) is 5.91 Å². The molecule has 1 aromatic rings. The SMILES string of the molecule is NCC1(NC(=O)c2cc(Br)c3c(c2)OCO3)CCCC1. The number of rotatable bonds is 3. The van der Waals surface area contributed by atoms with E-state index in [9.17, 15) is 4.79 Å². The van der Waals surface area contributed by atoms with Gasteiger partial charge in [-0.2, -0.15) is 0 Å². The fourth-order valence-electron chi connectivity index (χ4n) is 2.84. The Kier molecular flexibility index (Phi) is 3.60. The molecular formula is C14H17BrN2O3. The molecule has 0 radical (unpaired) electrons. The molecule has 0 bridgehead atoms. The summed E-state index contributed by atoms with van der Waals surface area (Å²) < 4.78 is 11.4. The van der Waals surface area contributed by atoms with Gasteiger partial charge < -0.3 is 20.5 Å². The largest absolute Gasteiger partial charge is 0.454 e. The Morgan fingerprint density at radius 3 is 2.80 bits per heavy atom. The van der Waals surface area contributed by atoms with Gasteiger partial charge in [-0.1, -0.05) is 12.8 Å². The Balaban J connectivity index is 1.82. The molecule has 0 unspecified atom stereocenters. The lowest BCUT2D eigenvalue weighted by molar-refractivity contribution is 0.0902. The standard InChI is InChI=1S/C14H17BrN2O3/c15-10-5-9(6-11-12(10)20-8-19-11)13(18)17-14(7-16)3-1-2-4-14/h5-6H,1-4,7-8,16H2,(H,17,18). The van der Waals surface area contributed by atoms with Gasteiger partial charge in [-0.05, 0) is 40.9 Å². The van der Waals surface area contributed by atoms with Crippen LogP contribution < -0.4 is 20.5 Å². The number of carbonyl (C=O) groups is 1. The number of carbonyl (C=O) groups excluding carboxylic acids is 1. The van der Waals surface area contributed by atoms with Crippen LogP contribution in [-0.2, 0) is 0 Å². The van der Waals surface area contributed by atoms with Crippen LogP contribution in [0.3, 0.4) is 0 Å². The highest BCUT2D eigenvalue weighted by molar-refractivity contribution is 9.10. The summed E-state index contributed by atoms with van der Waals surface area (Å²) >= 11 is 3.40. The van der Waals surface area contributed by atoms with E-state index in [-0.39, 0.29) is 18.2 Å². The number of ether oxygens (including phenoxy) is 2. The Labute approximate surface area is 125 Å². The molecule has 20 heavy (non-hydrogen) atoms. The molecule has 0 atom stereocenters. The first-order valence-corrected chi connectivity index (χ1v) is 7.55. The fraction of sp³-hybridized carbons (Fsp3) is 0.500. The predicted molar refractivity (Wildman–Crippen MR) is 78.0 cm³/mol. The molecule has 1 aliphatic carbocycles. The monoisotopic (exact) mass is 340 g/mol. The van der Waals surface area contributed by atoms with Crippen molar-refractivity contribution in [3.63, 3.8) is 0 Å². The topological polar surface area (TPSA) is 73.6 Å². The van der Waals surface area contributed by atoms with Crippen LogP contribution in [0.15, 0.2) is 16.6 Å². The zero-order valence-corrected chi connectivity index (χ0v) is 12.7. The zero-order valence-electron chi connectivity index (χ0n) is 11.1. The first kappa shape index (κ1) is 13.7. The minimum absolute atomic E-state index is 0.114. The van der Waals surface area contributed by atoms with Gasteiger partial charge >= 0.3 is 0 Å². The summed E-state index contributed by atoms with van der Waals surface area (Å²) in [5.41, 5.74) is 6.15. The molecule has 1 saturated carbocycles. The first-order valence-electron chi connectivity index (χ1n) is 6.75. The lowest BCUT2D eigenvalue weighted by atomic mass is 9.97. The predicted octanol–water partition coefficient (Wildman–Crippen LogP) is 2.18. The van der Waals surface area contributed by atoms with Gasteiger partial charge in [0.05, 0.1) is 10.0 Å². The van der Waals surface area contributed by atoms with Gasteiger partial charge in [-0.3, -0.25) is 4.79 Å². The van der Waals surface area contributed by atoms with Gasteiger partial charge in [0.2, 0.25) is 6.79 Å². The molecule has 6 heteroatoms. The smallest absolute Gasteiger partial charge is 0.251 e. The van der Waals surface area contributed by atoms with Crippen LogP contribution >= 0.6 is 15.9 Å². The summed E-state index contributed by atoms with van der Waals surface area (Å²) in [7, 11) is 0. The van der Waals surface area contributed by atoms with E-state index in [2.05, 4.69) is 21.2 Å². The average molecular weight is 341 g/mol. The highest BCUT2D eigenvalue weighted by Crippen LogP contribution is 2.40. The molecule has 3 N–H and O–H groups in total. The van der Waals surface area contributed by atoms with Crippen molar-refractivity contribution in [1.29, 1.82) is 0 Å². The molecule has 1 aromatic carbocycles. The van der Waals surface area contributed by atoms with Crippen molar-refractivity contribution < 1.29 is 14.3 Å². The highest BCUT2D eigenvalue weighted by Gasteiger charge is 2.34. The molecule has 108 valence electrons. The molecule has 1 aliphatic heterocycles. The Hall–Kier alpha value is -1.27. The maximum absolute atomic E-state index is 12.4. The van der Waals surface area contributed by atoms with Crippen molar-refractivity contribution >= 4 is 21.8 Å². The quantitative estimate of drug-likeness (QED) is 0.884. The maximum Gasteiger partial charge on any atom is 0.251 e. The van der Waals surface area contributed by atoms with E-state index < -0.39 is 0 Å². The van der Waals surface area contributed by atoms with Crippen LogP contribution in [0.4, 0.5) is 0 Å². The number of amides is 1. The minimum atomic E-state index is -0.250. The Morgan fingerprint density at radius 2 is 2.10 bits per heavy atom. The van der Waals surface area contributed by atoms with Crippen LogP contribution in [0, 0.1) is 0 Å². The number of nitrogens with one attached hydrogen (secondary N) is 1. The van der Waals surface area contributed by atoms with Crippen LogP contribution in [0.25, 0.3) is 0 Å². The van der Waals surface area contributed by atoms with E-state index in [1.165, 1.54) is 0 Å². The molecule has 0 aromatic heterocycles. The number of nitrogens with two attached hydrogens (primary N) is 1. The van der Waals surface area contributed by atoms with Crippen LogP contribution in [-0.4, -0.2) is 24.8 Å². The number of benzene rings is 1. The normalized spacial score (nSPS) is 19.1. The van der Waals surface area contributed by atoms with Crippen molar-refractivity contribution in [2.45, 2.75) is 31.2 Å². The second-order valence-corrected chi connectivity index (χ2v) is 6.19. The van der Waals surface area contributed by atoms with Gasteiger partial charge in [0, 0.05) is 12.1 Å². The third-order valence-corrected chi connectivity index (χ3v) is 4.61. The van der Waals surface area contributed by atoms with E-state index in [1.54, 1.807) is 12.1 Å². The zero-order chi connectivity index (χ0) is 14.2. The number of hydrogen-bond acceptors (Lipinski definition) is 4. The first-order chi connectivity index (χ1) is 9.63. The molecule has 1 heterocycles. The van der Waals surface area contributed by atoms with Gasteiger partial charge in [-0.15, -0.1) is 0 Å². The molecule has 1 amide bonds. The van der Waals surface area contributed by atoms with Gasteiger partial charge in [0.15, 0.2) is 11.5 Å². The van der Waals surface area contributed by atoms with Crippen molar-refractivity contribution in [2.24, 2.45) is 5.73 Å². The van der Waals surface area contributed by atoms with E-state index in [4.69, 9.17) is 15.2 Å². The summed E-state index contributed by atoms with van der Waals surface area (Å²) in [6, 6.07) is 3.46.